The van der Waals surface area contributed by atoms with E-state index in [0.29, 0.717) is 12.5 Å². The van der Waals surface area contributed by atoms with Crippen molar-refractivity contribution in [3.8, 4) is 0 Å². The molecule has 1 aliphatic rings. The van der Waals surface area contributed by atoms with Crippen molar-refractivity contribution in [1.29, 1.82) is 0 Å². The van der Waals surface area contributed by atoms with E-state index in [9.17, 15) is 9.59 Å². The Labute approximate surface area is 169 Å². The Morgan fingerprint density at radius 2 is 1.89 bits per heavy atom. The van der Waals surface area contributed by atoms with Crippen molar-refractivity contribution in [2.75, 3.05) is 19.6 Å². The quantitative estimate of drug-likeness (QED) is 0.781. The maximum atomic E-state index is 12.7. The van der Waals surface area contributed by atoms with Crippen LogP contribution < -0.4 is 10.6 Å². The molecule has 3 unspecified atom stereocenters. The monoisotopic (exact) mass is 389 g/mol. The number of rotatable bonds is 6. The number of nitrogens with zero attached hydrogens (tertiary/aromatic N) is 1. The van der Waals surface area contributed by atoms with Crippen molar-refractivity contribution in [2.24, 2.45) is 5.92 Å². The van der Waals surface area contributed by atoms with Crippen LogP contribution in [0.5, 0.6) is 0 Å². The molecular weight excluding hydrogens is 354 g/mol. The van der Waals surface area contributed by atoms with E-state index in [1.165, 1.54) is 0 Å². The van der Waals surface area contributed by atoms with E-state index in [1.54, 1.807) is 0 Å². The summed E-state index contributed by atoms with van der Waals surface area (Å²) in [6.07, 6.45) is 1.68. The Balaban J connectivity index is 1.82. The van der Waals surface area contributed by atoms with Gasteiger partial charge in [0.2, 0.25) is 5.91 Å². The zero-order valence-electron chi connectivity index (χ0n) is 17.8. The Morgan fingerprint density at radius 1 is 1.21 bits per heavy atom. The van der Waals surface area contributed by atoms with Crippen molar-refractivity contribution in [1.82, 2.24) is 15.5 Å². The summed E-state index contributed by atoms with van der Waals surface area (Å²) in [6, 6.07) is 9.76. The third-order valence-corrected chi connectivity index (χ3v) is 5.07. The molecule has 2 rings (SSSR count). The zero-order chi connectivity index (χ0) is 20.7. The molecule has 0 aliphatic carbocycles. The average Bonchev–Trinajstić information content (AvgIpc) is 2.65. The molecule has 1 heterocycles. The van der Waals surface area contributed by atoms with Crippen LogP contribution in [0.2, 0.25) is 0 Å². The third-order valence-electron chi connectivity index (χ3n) is 5.07. The van der Waals surface area contributed by atoms with Crippen molar-refractivity contribution in [3.05, 3.63) is 35.9 Å². The van der Waals surface area contributed by atoms with Crippen molar-refractivity contribution < 1.29 is 14.3 Å². The number of piperidine rings is 1. The summed E-state index contributed by atoms with van der Waals surface area (Å²) in [5, 5.41) is 5.98. The summed E-state index contributed by atoms with van der Waals surface area (Å²) < 4.78 is 5.30. The Kier molecular flexibility index (Phi) is 7.87. The first kappa shape index (κ1) is 22.2. The lowest BCUT2D eigenvalue weighted by molar-refractivity contribution is -0.127. The molecule has 0 bridgehead atoms. The molecule has 1 fully saturated rings. The molecule has 1 aromatic rings. The predicted molar refractivity (Wildman–Crippen MR) is 111 cm³/mol. The topological polar surface area (TPSA) is 70.7 Å². The molecule has 2 amide bonds. The van der Waals surface area contributed by atoms with Gasteiger partial charge in [-0.3, -0.25) is 9.69 Å². The van der Waals surface area contributed by atoms with Crippen molar-refractivity contribution >= 4 is 12.0 Å². The van der Waals surface area contributed by atoms with Gasteiger partial charge >= 0.3 is 6.09 Å². The van der Waals surface area contributed by atoms with E-state index < -0.39 is 5.60 Å². The van der Waals surface area contributed by atoms with Gasteiger partial charge in [0.1, 0.15) is 5.60 Å². The van der Waals surface area contributed by atoms with Gasteiger partial charge in [-0.15, -0.1) is 0 Å². The van der Waals surface area contributed by atoms with Gasteiger partial charge in [-0.2, -0.15) is 0 Å². The zero-order valence-corrected chi connectivity index (χ0v) is 17.8. The molecule has 1 aromatic carbocycles. The van der Waals surface area contributed by atoms with E-state index in [4.69, 9.17) is 4.74 Å². The number of hydrogen-bond donors (Lipinski definition) is 2. The molecule has 0 aromatic heterocycles. The van der Waals surface area contributed by atoms with E-state index >= 15 is 0 Å². The second-order valence-electron chi connectivity index (χ2n) is 8.70. The normalized spacial score (nSPS) is 20.1. The fourth-order valence-electron chi connectivity index (χ4n) is 3.48. The minimum absolute atomic E-state index is 0.0226. The second kappa shape index (κ2) is 9.92. The Morgan fingerprint density at radius 3 is 2.54 bits per heavy atom. The van der Waals surface area contributed by atoms with E-state index in [-0.39, 0.29) is 24.1 Å². The van der Waals surface area contributed by atoms with Crippen LogP contribution in [0.25, 0.3) is 0 Å². The minimum atomic E-state index is -0.495. The first-order valence-corrected chi connectivity index (χ1v) is 10.2. The number of alkyl carbamates (subject to hydrolysis) is 1. The number of carbonyl (C=O) groups is 2. The number of hydrogen-bond acceptors (Lipinski definition) is 4. The van der Waals surface area contributed by atoms with Gasteiger partial charge in [-0.05, 0) is 65.5 Å². The largest absolute Gasteiger partial charge is 0.444 e. The first-order valence-electron chi connectivity index (χ1n) is 10.2. The van der Waals surface area contributed by atoms with Gasteiger partial charge in [-0.1, -0.05) is 30.3 Å². The first-order chi connectivity index (χ1) is 13.2. The van der Waals surface area contributed by atoms with Gasteiger partial charge in [0.15, 0.2) is 0 Å². The molecule has 0 saturated carbocycles. The Hall–Kier alpha value is -2.08. The average molecular weight is 390 g/mol. The summed E-state index contributed by atoms with van der Waals surface area (Å²) >= 11 is 0. The van der Waals surface area contributed by atoms with E-state index in [2.05, 4.69) is 15.5 Å². The van der Waals surface area contributed by atoms with Crippen LogP contribution in [0, 0.1) is 5.92 Å². The summed E-state index contributed by atoms with van der Waals surface area (Å²) in [5.41, 5.74) is 0.603. The van der Waals surface area contributed by atoms with Gasteiger partial charge in [0, 0.05) is 13.1 Å². The van der Waals surface area contributed by atoms with Crippen LogP contribution in [0.4, 0.5) is 4.79 Å². The standard InChI is InChI=1S/C22H35N3O3/c1-16(19-11-7-6-8-12-19)24-20(26)17(2)25-13-9-10-18(15-25)14-23-21(27)28-22(3,4)5/h6-8,11-12,16-18H,9-10,13-15H2,1-5H3,(H,23,27)(H,24,26). The number of carbonyl (C=O) groups excluding carboxylic acids is 2. The minimum Gasteiger partial charge on any atom is -0.444 e. The summed E-state index contributed by atoms with van der Waals surface area (Å²) in [4.78, 5) is 26.8. The van der Waals surface area contributed by atoms with Gasteiger partial charge < -0.3 is 15.4 Å². The highest BCUT2D eigenvalue weighted by Crippen LogP contribution is 2.19. The van der Waals surface area contributed by atoms with Crippen LogP contribution >= 0.6 is 0 Å². The van der Waals surface area contributed by atoms with Gasteiger partial charge in [-0.25, -0.2) is 4.79 Å². The molecule has 28 heavy (non-hydrogen) atoms. The molecule has 3 atom stereocenters. The van der Waals surface area contributed by atoms with Crippen LogP contribution in [-0.4, -0.2) is 48.2 Å². The van der Waals surface area contributed by atoms with Gasteiger partial charge in [0.25, 0.3) is 0 Å². The fraction of sp³-hybridized carbons (Fsp3) is 0.636. The third kappa shape index (κ3) is 7.15. The number of benzene rings is 1. The van der Waals surface area contributed by atoms with Crippen LogP contribution in [0.15, 0.2) is 30.3 Å². The Bertz CT molecular complexity index is 642. The maximum absolute atomic E-state index is 12.7. The predicted octanol–water partition coefficient (Wildman–Crippen LogP) is 3.49. The second-order valence-corrected chi connectivity index (χ2v) is 8.70. The van der Waals surface area contributed by atoms with Crippen molar-refractivity contribution in [2.45, 2.75) is 65.1 Å². The number of likely N-dealkylation sites (tertiary alicyclic amines) is 1. The molecule has 156 valence electrons. The lowest BCUT2D eigenvalue weighted by Crippen LogP contribution is -2.51. The molecular formula is C22H35N3O3. The molecule has 0 spiro atoms. The number of nitrogens with one attached hydrogen (secondary N) is 2. The smallest absolute Gasteiger partial charge is 0.407 e. The highest BCUT2D eigenvalue weighted by atomic mass is 16.6. The SMILES string of the molecule is CC(NC(=O)C(C)N1CCCC(CNC(=O)OC(C)(C)C)C1)c1ccccc1. The van der Waals surface area contributed by atoms with Gasteiger partial charge in [0.05, 0.1) is 12.1 Å². The molecule has 1 aliphatic heterocycles. The lowest BCUT2D eigenvalue weighted by Gasteiger charge is -2.36. The van der Waals surface area contributed by atoms with Crippen LogP contribution in [-0.2, 0) is 9.53 Å². The van der Waals surface area contributed by atoms with Crippen LogP contribution in [0.1, 0.15) is 59.1 Å². The lowest BCUT2D eigenvalue weighted by atomic mass is 9.96. The molecule has 1 saturated heterocycles. The summed E-state index contributed by atoms with van der Waals surface area (Å²) in [6.45, 7) is 11.8. The fourth-order valence-corrected chi connectivity index (χ4v) is 3.48. The molecule has 6 nitrogen and oxygen atoms in total. The molecule has 6 heteroatoms. The number of ether oxygens (including phenoxy) is 1. The highest BCUT2D eigenvalue weighted by molar-refractivity contribution is 5.81. The number of amides is 2. The summed E-state index contributed by atoms with van der Waals surface area (Å²) in [5.74, 6) is 0.361. The highest BCUT2D eigenvalue weighted by Gasteiger charge is 2.28. The van der Waals surface area contributed by atoms with Crippen LogP contribution in [0.3, 0.4) is 0 Å². The van der Waals surface area contributed by atoms with E-state index in [0.717, 1.165) is 31.5 Å². The molecule has 0 radical (unpaired) electrons. The van der Waals surface area contributed by atoms with Crippen molar-refractivity contribution in [3.63, 3.8) is 0 Å². The molecule has 2 N–H and O–H groups in total. The van der Waals surface area contributed by atoms with E-state index in [1.807, 2.05) is 65.0 Å². The maximum Gasteiger partial charge on any atom is 0.407 e. The summed E-state index contributed by atoms with van der Waals surface area (Å²) in [7, 11) is 0.